The van der Waals surface area contributed by atoms with Crippen LogP contribution in [0.15, 0.2) is 23.8 Å². The Balaban J connectivity index is 0.956. The number of fused-ring (bicyclic) bond motifs is 2. The smallest absolute Gasteiger partial charge is 0.315 e. The minimum atomic E-state index is -0.410. The molecule has 4 fully saturated rings. The van der Waals surface area contributed by atoms with Gasteiger partial charge in [0.1, 0.15) is 0 Å². The zero-order chi connectivity index (χ0) is 32.7. The highest BCUT2D eigenvalue weighted by Gasteiger charge is 2.45. The number of urea groups is 1. The van der Waals surface area contributed by atoms with Gasteiger partial charge in [0, 0.05) is 42.9 Å². The summed E-state index contributed by atoms with van der Waals surface area (Å²) in [6, 6.07) is 0.437. The second-order valence-electron chi connectivity index (χ2n) is 14.0. The molecule has 2 aliphatic carbocycles. The Labute approximate surface area is 281 Å². The topological polar surface area (TPSA) is 140 Å². The number of carbonyl (C=O) groups is 3. The number of hydrogen-bond acceptors (Lipinski definition) is 6. The van der Waals surface area contributed by atoms with E-state index < -0.39 is 6.10 Å². The van der Waals surface area contributed by atoms with Gasteiger partial charge in [-0.3, -0.25) is 9.59 Å². The number of amides is 4. The molecule has 10 heteroatoms. The molecule has 4 amide bonds. The van der Waals surface area contributed by atoms with Gasteiger partial charge in [0.15, 0.2) is 0 Å². The van der Waals surface area contributed by atoms with Gasteiger partial charge in [-0.25, -0.2) is 4.79 Å². The average Bonchev–Trinajstić information content (AvgIpc) is 3.77. The fraction of sp³-hybridized carbons (Fsp3) is 0.806. The zero-order valence-corrected chi connectivity index (χ0v) is 28.8. The Hall–Kier alpha value is -2.04. The molecule has 260 valence electrons. The summed E-state index contributed by atoms with van der Waals surface area (Å²) in [6.45, 7) is 3.53. The van der Waals surface area contributed by atoms with Crippen molar-refractivity contribution in [1.82, 2.24) is 21.3 Å². The monoisotopic (exact) mass is 660 g/mol. The van der Waals surface area contributed by atoms with Gasteiger partial charge in [-0.1, -0.05) is 56.4 Å². The third-order valence-electron chi connectivity index (χ3n) is 10.4. The summed E-state index contributed by atoms with van der Waals surface area (Å²) in [7, 11) is 0. The highest BCUT2D eigenvalue weighted by atomic mass is 32.2. The fourth-order valence-corrected chi connectivity index (χ4v) is 9.34. The molecule has 0 spiro atoms. The van der Waals surface area contributed by atoms with Crippen molar-refractivity contribution >= 4 is 29.6 Å². The molecular weight excluding hydrogens is 600 g/mol. The third-order valence-corrected chi connectivity index (χ3v) is 11.9. The van der Waals surface area contributed by atoms with E-state index in [4.69, 9.17) is 0 Å². The summed E-state index contributed by atoms with van der Waals surface area (Å²) in [5.41, 5.74) is 1.47. The lowest BCUT2D eigenvalue weighted by molar-refractivity contribution is -0.121. The van der Waals surface area contributed by atoms with Gasteiger partial charge in [0.25, 0.3) is 0 Å². The van der Waals surface area contributed by atoms with E-state index in [2.05, 4.69) is 40.3 Å². The summed E-state index contributed by atoms with van der Waals surface area (Å²) in [6.07, 6.45) is 21.2. The minimum Gasteiger partial charge on any atom is -0.392 e. The molecule has 4 rings (SSSR count). The predicted octanol–water partition coefficient (Wildman–Crippen LogP) is 5.12. The average molecular weight is 661 g/mol. The van der Waals surface area contributed by atoms with E-state index in [1.54, 1.807) is 0 Å². The molecule has 2 saturated carbocycles. The Morgan fingerprint density at radius 3 is 2.50 bits per heavy atom. The lowest BCUT2D eigenvalue weighted by Gasteiger charge is -2.17. The van der Waals surface area contributed by atoms with Gasteiger partial charge >= 0.3 is 6.03 Å². The number of nitrogens with one attached hydrogen (secondary N) is 4. The van der Waals surface area contributed by atoms with Crippen molar-refractivity contribution < 1.29 is 24.6 Å². The molecule has 2 saturated heterocycles. The third kappa shape index (κ3) is 11.9. The maximum atomic E-state index is 12.3. The normalized spacial score (nSPS) is 29.9. The molecule has 6 N–H and O–H groups in total. The highest BCUT2D eigenvalue weighted by molar-refractivity contribution is 8.00. The number of unbranched alkanes of at least 4 members (excludes halogenated alkanes) is 6. The van der Waals surface area contributed by atoms with Gasteiger partial charge in [-0.15, -0.1) is 0 Å². The fourth-order valence-electron chi connectivity index (χ4n) is 7.80. The molecular formula is C36H60N4O5S. The number of hydrogen-bond donors (Lipinski definition) is 6. The van der Waals surface area contributed by atoms with Crippen molar-refractivity contribution in [2.24, 2.45) is 17.8 Å². The Morgan fingerprint density at radius 1 is 0.978 bits per heavy atom. The number of carbonyl (C=O) groups excluding carboxylic acids is 3. The Kier molecular flexibility index (Phi) is 15.8. The molecule has 46 heavy (non-hydrogen) atoms. The van der Waals surface area contributed by atoms with Crippen LogP contribution < -0.4 is 21.3 Å². The first-order valence-electron chi connectivity index (χ1n) is 18.3. The van der Waals surface area contributed by atoms with Crippen LogP contribution >= 0.6 is 11.8 Å². The van der Waals surface area contributed by atoms with Crippen LogP contribution in [0.4, 0.5) is 4.79 Å². The van der Waals surface area contributed by atoms with Crippen LogP contribution in [0.5, 0.6) is 0 Å². The summed E-state index contributed by atoms with van der Waals surface area (Å²) >= 11 is 1.92. The van der Waals surface area contributed by atoms with E-state index in [1.807, 2.05) is 17.8 Å². The van der Waals surface area contributed by atoms with Gasteiger partial charge < -0.3 is 31.5 Å². The van der Waals surface area contributed by atoms with Crippen LogP contribution in [0.2, 0.25) is 0 Å². The maximum absolute atomic E-state index is 12.3. The molecule has 0 unspecified atom stereocenters. The largest absolute Gasteiger partial charge is 0.392 e. The highest BCUT2D eigenvalue weighted by Crippen LogP contribution is 2.50. The summed E-state index contributed by atoms with van der Waals surface area (Å²) in [4.78, 5) is 35.9. The SMILES string of the molecule is CCCCC[C@@H](O)/C=C/[C@@H]1[C@H]2C/C(=C/CCCC(=O)NCCCCCNC(=O)CCCC[C@H]3SC[C@H]4NC(=O)N[C@@H]43)C[C@@H]2C[C@@H]1O. The van der Waals surface area contributed by atoms with E-state index in [-0.39, 0.29) is 42.0 Å². The van der Waals surface area contributed by atoms with E-state index in [0.29, 0.717) is 43.0 Å². The number of rotatable bonds is 21. The minimum absolute atomic E-state index is 0.0511. The van der Waals surface area contributed by atoms with Crippen LogP contribution in [0.1, 0.15) is 116 Å². The molecule has 0 radical (unpaired) electrons. The Bertz CT molecular complexity index is 1040. The van der Waals surface area contributed by atoms with Crippen molar-refractivity contribution in [1.29, 1.82) is 0 Å². The molecule has 8 atom stereocenters. The summed E-state index contributed by atoms with van der Waals surface area (Å²) in [5, 5.41) is 33.4. The van der Waals surface area contributed by atoms with Crippen LogP contribution in [-0.2, 0) is 9.59 Å². The molecule has 0 bridgehead atoms. The number of thioether (sulfide) groups is 1. The van der Waals surface area contributed by atoms with Crippen LogP contribution in [0.25, 0.3) is 0 Å². The molecule has 2 heterocycles. The van der Waals surface area contributed by atoms with Gasteiger partial charge in [0.05, 0.1) is 24.3 Å². The number of aliphatic hydroxyl groups excluding tert-OH is 2. The first-order valence-corrected chi connectivity index (χ1v) is 19.3. The second kappa shape index (κ2) is 19.7. The van der Waals surface area contributed by atoms with E-state index >= 15 is 0 Å². The maximum Gasteiger partial charge on any atom is 0.315 e. The molecule has 2 aliphatic heterocycles. The van der Waals surface area contributed by atoms with E-state index in [1.165, 1.54) is 5.57 Å². The van der Waals surface area contributed by atoms with Crippen molar-refractivity contribution in [3.05, 3.63) is 23.8 Å². The molecule has 0 aromatic heterocycles. The van der Waals surface area contributed by atoms with Crippen molar-refractivity contribution in [2.75, 3.05) is 18.8 Å². The lowest BCUT2D eigenvalue weighted by atomic mass is 9.90. The zero-order valence-electron chi connectivity index (χ0n) is 28.0. The van der Waals surface area contributed by atoms with Crippen molar-refractivity contribution in [3.63, 3.8) is 0 Å². The quantitative estimate of drug-likeness (QED) is 0.0574. The van der Waals surface area contributed by atoms with Gasteiger partial charge in [0.2, 0.25) is 11.8 Å². The first-order chi connectivity index (χ1) is 22.3. The van der Waals surface area contributed by atoms with Crippen LogP contribution in [0.3, 0.4) is 0 Å². The van der Waals surface area contributed by atoms with E-state index in [9.17, 15) is 24.6 Å². The summed E-state index contributed by atoms with van der Waals surface area (Å²) in [5.74, 6) is 2.32. The molecule has 0 aromatic carbocycles. The van der Waals surface area contributed by atoms with E-state index in [0.717, 1.165) is 102 Å². The van der Waals surface area contributed by atoms with Gasteiger partial charge in [-0.05, 0) is 82.5 Å². The standard InChI is InChI=1S/C36H60N4O5S/c1-2-3-5-13-27(41)17-18-28-29-22-25(21-26(29)23-31(28)42)12-6-8-15-33(43)37-19-10-4-11-20-38-34(44)16-9-7-14-32-35-30(24-46-32)39-36(45)40-35/h12,17-18,26-32,35,41-42H,2-11,13-16,19-24H2,1H3,(H,37,43)(H,38,44)(H2,39,40,45)/b18-17+,25-12+/t26-,27-,28-,29+,30-,31+,32-,35+/m1/s1. The van der Waals surface area contributed by atoms with Crippen molar-refractivity contribution in [3.8, 4) is 0 Å². The van der Waals surface area contributed by atoms with Crippen LogP contribution in [0, 0.1) is 17.8 Å². The molecule has 9 nitrogen and oxygen atoms in total. The van der Waals surface area contributed by atoms with Crippen LogP contribution in [-0.4, -0.2) is 76.4 Å². The second-order valence-corrected chi connectivity index (χ2v) is 15.3. The van der Waals surface area contributed by atoms with Crippen molar-refractivity contribution in [2.45, 2.75) is 146 Å². The molecule has 0 aromatic rings. The Morgan fingerprint density at radius 2 is 1.74 bits per heavy atom. The number of aliphatic hydroxyl groups is 2. The van der Waals surface area contributed by atoms with Gasteiger partial charge in [-0.2, -0.15) is 11.8 Å². The lowest BCUT2D eigenvalue weighted by Crippen LogP contribution is -2.36. The predicted molar refractivity (Wildman–Crippen MR) is 185 cm³/mol. The summed E-state index contributed by atoms with van der Waals surface area (Å²) < 4.78 is 0. The molecule has 4 aliphatic rings. The first kappa shape index (κ1) is 36.8. The number of allylic oxidation sites excluding steroid dienone is 2.